The number of carbonyl (C=O) groups excluding carboxylic acids is 1. The molecule has 2 rings (SSSR count). The van der Waals surface area contributed by atoms with Crippen LogP contribution < -0.4 is 14.8 Å². The molecule has 0 saturated carbocycles. The second kappa shape index (κ2) is 8.99. The summed E-state index contributed by atoms with van der Waals surface area (Å²) in [6.45, 7) is 1.71. The standard InChI is InChI=1S/C18H16Cl3NO3/c1-3-4-11-5-6-16(17(7-11)24-2)25-10-18(23)22-15-9-13(20)12(19)8-14(15)21/h3-9H,10H2,1-2H3,(H,22,23)/b4-3+. The summed E-state index contributed by atoms with van der Waals surface area (Å²) < 4.78 is 10.8. The van der Waals surface area contributed by atoms with Gasteiger partial charge in [0.05, 0.1) is 27.9 Å². The Balaban J connectivity index is 2.04. The third kappa shape index (κ3) is 5.30. The SMILES string of the molecule is C/C=C/c1ccc(OCC(=O)Nc2cc(Cl)c(Cl)cc2Cl)c(OC)c1. The molecule has 2 aromatic rings. The first-order valence-electron chi connectivity index (χ1n) is 7.32. The zero-order valence-electron chi connectivity index (χ0n) is 13.6. The first kappa shape index (κ1) is 19.4. The molecule has 2 aromatic carbocycles. The number of allylic oxidation sites excluding steroid dienone is 1. The monoisotopic (exact) mass is 399 g/mol. The lowest BCUT2D eigenvalue weighted by Gasteiger charge is -2.12. The van der Waals surface area contributed by atoms with Gasteiger partial charge in [0, 0.05) is 0 Å². The molecule has 0 bridgehead atoms. The topological polar surface area (TPSA) is 47.6 Å². The summed E-state index contributed by atoms with van der Waals surface area (Å²) in [7, 11) is 1.54. The maximum absolute atomic E-state index is 12.1. The van der Waals surface area contributed by atoms with E-state index in [0.717, 1.165) is 5.56 Å². The molecule has 132 valence electrons. The summed E-state index contributed by atoms with van der Waals surface area (Å²) >= 11 is 17.8. The van der Waals surface area contributed by atoms with Crippen LogP contribution in [0.15, 0.2) is 36.4 Å². The molecule has 0 unspecified atom stereocenters. The van der Waals surface area contributed by atoms with Gasteiger partial charge < -0.3 is 14.8 Å². The third-order valence-electron chi connectivity index (χ3n) is 3.19. The summed E-state index contributed by atoms with van der Waals surface area (Å²) in [5.41, 5.74) is 1.33. The van der Waals surface area contributed by atoms with Crippen molar-refractivity contribution in [1.82, 2.24) is 0 Å². The molecule has 0 fully saturated rings. The van der Waals surface area contributed by atoms with Crippen molar-refractivity contribution in [2.24, 2.45) is 0 Å². The maximum atomic E-state index is 12.1. The number of anilines is 1. The van der Waals surface area contributed by atoms with E-state index in [-0.39, 0.29) is 17.5 Å². The lowest BCUT2D eigenvalue weighted by molar-refractivity contribution is -0.118. The van der Waals surface area contributed by atoms with Crippen molar-refractivity contribution in [3.8, 4) is 11.5 Å². The lowest BCUT2D eigenvalue weighted by Crippen LogP contribution is -2.20. The first-order valence-corrected chi connectivity index (χ1v) is 8.46. The van der Waals surface area contributed by atoms with E-state index in [2.05, 4.69) is 5.32 Å². The Morgan fingerprint density at radius 1 is 1.08 bits per heavy atom. The van der Waals surface area contributed by atoms with Gasteiger partial charge in [0.15, 0.2) is 18.1 Å². The smallest absolute Gasteiger partial charge is 0.262 e. The summed E-state index contributed by atoms with van der Waals surface area (Å²) in [5.74, 6) is 0.613. The Bertz CT molecular complexity index is 806. The van der Waals surface area contributed by atoms with E-state index in [0.29, 0.717) is 27.2 Å². The minimum absolute atomic E-state index is 0.212. The molecular weight excluding hydrogens is 385 g/mol. The lowest BCUT2D eigenvalue weighted by atomic mass is 10.2. The van der Waals surface area contributed by atoms with Crippen molar-refractivity contribution in [1.29, 1.82) is 0 Å². The highest BCUT2D eigenvalue weighted by Gasteiger charge is 2.12. The Morgan fingerprint density at radius 2 is 1.80 bits per heavy atom. The molecule has 1 amide bonds. The molecule has 0 spiro atoms. The summed E-state index contributed by atoms with van der Waals surface area (Å²) in [6, 6.07) is 8.38. The Labute approximate surface area is 161 Å². The molecule has 4 nitrogen and oxygen atoms in total. The second-order valence-corrected chi connectivity index (χ2v) is 6.21. The molecule has 1 N–H and O–H groups in total. The highest BCUT2D eigenvalue weighted by molar-refractivity contribution is 6.44. The van der Waals surface area contributed by atoms with Gasteiger partial charge in [-0.1, -0.05) is 53.0 Å². The molecule has 0 heterocycles. The molecule has 0 aromatic heterocycles. The van der Waals surface area contributed by atoms with Gasteiger partial charge in [-0.2, -0.15) is 0 Å². The number of hydrogen-bond acceptors (Lipinski definition) is 3. The number of halogens is 3. The van der Waals surface area contributed by atoms with E-state index < -0.39 is 0 Å². The number of ether oxygens (including phenoxy) is 2. The fraction of sp³-hybridized carbons (Fsp3) is 0.167. The molecule has 0 saturated heterocycles. The van der Waals surface area contributed by atoms with Crippen molar-refractivity contribution < 1.29 is 14.3 Å². The van der Waals surface area contributed by atoms with Crippen LogP contribution in [0.5, 0.6) is 11.5 Å². The van der Waals surface area contributed by atoms with Crippen LogP contribution in [-0.2, 0) is 4.79 Å². The van der Waals surface area contributed by atoms with Gasteiger partial charge in [0.25, 0.3) is 5.91 Å². The van der Waals surface area contributed by atoms with Gasteiger partial charge in [-0.25, -0.2) is 0 Å². The molecular formula is C18H16Cl3NO3. The van der Waals surface area contributed by atoms with Gasteiger partial charge in [0.1, 0.15) is 0 Å². The van der Waals surface area contributed by atoms with E-state index in [1.807, 2.05) is 31.2 Å². The second-order valence-electron chi connectivity index (χ2n) is 4.99. The van der Waals surface area contributed by atoms with Gasteiger partial charge in [-0.05, 0) is 36.8 Å². The predicted octanol–water partition coefficient (Wildman–Crippen LogP) is 5.71. The van der Waals surface area contributed by atoms with Crippen molar-refractivity contribution in [3.05, 3.63) is 57.0 Å². The van der Waals surface area contributed by atoms with Gasteiger partial charge in [-0.15, -0.1) is 0 Å². The van der Waals surface area contributed by atoms with E-state index in [1.54, 1.807) is 6.07 Å². The zero-order chi connectivity index (χ0) is 18.4. The highest BCUT2D eigenvalue weighted by Crippen LogP contribution is 2.32. The summed E-state index contributed by atoms with van der Waals surface area (Å²) in [6.07, 6.45) is 3.86. The predicted molar refractivity (Wildman–Crippen MR) is 103 cm³/mol. The van der Waals surface area contributed by atoms with Crippen LogP contribution in [0.2, 0.25) is 15.1 Å². The largest absolute Gasteiger partial charge is 0.493 e. The number of nitrogens with one attached hydrogen (secondary N) is 1. The van der Waals surface area contributed by atoms with Crippen LogP contribution >= 0.6 is 34.8 Å². The Morgan fingerprint density at radius 3 is 2.48 bits per heavy atom. The molecule has 0 atom stereocenters. The fourth-order valence-corrected chi connectivity index (χ4v) is 2.64. The van der Waals surface area contributed by atoms with Crippen LogP contribution in [0.3, 0.4) is 0 Å². The summed E-state index contributed by atoms with van der Waals surface area (Å²) in [5, 5.41) is 3.52. The average molecular weight is 401 g/mol. The average Bonchev–Trinajstić information content (AvgIpc) is 2.58. The van der Waals surface area contributed by atoms with Gasteiger partial charge in [-0.3, -0.25) is 4.79 Å². The number of benzene rings is 2. The van der Waals surface area contributed by atoms with Gasteiger partial charge >= 0.3 is 0 Å². The molecule has 7 heteroatoms. The van der Waals surface area contributed by atoms with E-state index >= 15 is 0 Å². The third-order valence-corrected chi connectivity index (χ3v) is 4.22. The van der Waals surface area contributed by atoms with Crippen molar-refractivity contribution in [2.45, 2.75) is 6.92 Å². The molecule has 25 heavy (non-hydrogen) atoms. The van der Waals surface area contributed by atoms with Crippen LogP contribution in [-0.4, -0.2) is 19.6 Å². The van der Waals surface area contributed by atoms with Crippen LogP contribution in [0.4, 0.5) is 5.69 Å². The van der Waals surface area contributed by atoms with Crippen molar-refractivity contribution in [3.63, 3.8) is 0 Å². The molecule has 0 radical (unpaired) electrons. The first-order chi connectivity index (χ1) is 11.9. The molecule has 0 aliphatic heterocycles. The van der Waals surface area contributed by atoms with Crippen LogP contribution in [0.1, 0.15) is 12.5 Å². The number of amides is 1. The molecule has 0 aliphatic carbocycles. The Hall–Kier alpha value is -1.88. The number of rotatable bonds is 6. The number of carbonyl (C=O) groups is 1. The number of methoxy groups -OCH3 is 1. The van der Waals surface area contributed by atoms with Crippen molar-refractivity contribution >= 4 is 52.5 Å². The summed E-state index contributed by atoms with van der Waals surface area (Å²) in [4.78, 5) is 12.1. The maximum Gasteiger partial charge on any atom is 0.262 e. The minimum Gasteiger partial charge on any atom is -0.493 e. The zero-order valence-corrected chi connectivity index (χ0v) is 15.9. The fourth-order valence-electron chi connectivity index (χ4n) is 2.05. The quantitative estimate of drug-likeness (QED) is 0.632. The minimum atomic E-state index is -0.389. The van der Waals surface area contributed by atoms with E-state index in [4.69, 9.17) is 44.3 Å². The van der Waals surface area contributed by atoms with Crippen molar-refractivity contribution in [2.75, 3.05) is 19.0 Å². The molecule has 0 aliphatic rings. The van der Waals surface area contributed by atoms with Gasteiger partial charge in [0.2, 0.25) is 0 Å². The normalized spacial score (nSPS) is 10.8. The van der Waals surface area contributed by atoms with E-state index in [9.17, 15) is 4.79 Å². The van der Waals surface area contributed by atoms with Crippen LogP contribution in [0, 0.1) is 0 Å². The number of hydrogen-bond donors (Lipinski definition) is 1. The van der Waals surface area contributed by atoms with E-state index in [1.165, 1.54) is 19.2 Å². The highest BCUT2D eigenvalue weighted by atomic mass is 35.5. The Kier molecular flexibility index (Phi) is 7.00. The van der Waals surface area contributed by atoms with Crippen LogP contribution in [0.25, 0.3) is 6.08 Å².